The number of alkyl halides is 3. The van der Waals surface area contributed by atoms with Crippen molar-refractivity contribution in [1.82, 2.24) is 14.6 Å². The summed E-state index contributed by atoms with van der Waals surface area (Å²) in [6.45, 7) is 4.83. The van der Waals surface area contributed by atoms with Gasteiger partial charge in [0.25, 0.3) is 0 Å². The van der Waals surface area contributed by atoms with Crippen molar-refractivity contribution < 1.29 is 22.6 Å². The van der Waals surface area contributed by atoms with E-state index in [0.717, 1.165) is 16.7 Å². The number of pyridine rings is 1. The molecule has 0 amide bonds. The molecule has 0 atom stereocenters. The molecule has 0 unspecified atom stereocenters. The molecule has 0 radical (unpaired) electrons. The van der Waals surface area contributed by atoms with Crippen LogP contribution in [0.15, 0.2) is 60.8 Å². The Bertz CT molecular complexity index is 1200. The molecule has 0 bridgehead atoms. The fourth-order valence-electron chi connectivity index (χ4n) is 3.32. The van der Waals surface area contributed by atoms with E-state index in [0.29, 0.717) is 18.1 Å². The minimum absolute atomic E-state index is 0.262. The second-order valence-corrected chi connectivity index (χ2v) is 7.26. The number of benzene rings is 2. The summed E-state index contributed by atoms with van der Waals surface area (Å²) in [6.07, 6.45) is -2.88. The Hall–Kier alpha value is -3.39. The molecule has 2 heterocycles. The van der Waals surface area contributed by atoms with Gasteiger partial charge in [0.15, 0.2) is 11.5 Å². The third kappa shape index (κ3) is 5.03. The van der Waals surface area contributed by atoms with Crippen molar-refractivity contribution in [3.63, 3.8) is 0 Å². The highest BCUT2D eigenvalue weighted by atomic mass is 19.4. The first-order valence-electron chi connectivity index (χ1n) is 9.62. The highest BCUT2D eigenvalue weighted by molar-refractivity contribution is 5.65. The maximum Gasteiger partial charge on any atom is 0.573 e. The lowest BCUT2D eigenvalue weighted by Gasteiger charge is -2.10. The number of ether oxygens (including phenoxy) is 2. The molecule has 31 heavy (non-hydrogen) atoms. The fraction of sp³-hybridized carbons (Fsp3) is 0.217. The van der Waals surface area contributed by atoms with Crippen molar-refractivity contribution in [2.45, 2.75) is 33.4 Å². The standard InChI is InChI=1S/C23H20F3N3O2/c1-15-3-4-19(16(2)11-15)13-30-14-22-28-27-21-10-7-18(12-29(21)22)17-5-8-20(9-6-17)31-23(24,25)26/h3-12H,13-14H2,1-2H3. The zero-order valence-corrected chi connectivity index (χ0v) is 17.0. The van der Waals surface area contributed by atoms with Crippen molar-refractivity contribution in [3.05, 3.63) is 83.3 Å². The Balaban J connectivity index is 1.49. The van der Waals surface area contributed by atoms with Crippen LogP contribution in [-0.2, 0) is 18.0 Å². The summed E-state index contributed by atoms with van der Waals surface area (Å²) in [5, 5.41) is 8.35. The Kier molecular flexibility index (Phi) is 5.65. The predicted octanol–water partition coefficient (Wildman–Crippen LogP) is 5.63. The van der Waals surface area contributed by atoms with E-state index in [1.165, 1.54) is 23.3 Å². The maximum atomic E-state index is 12.3. The number of aryl methyl sites for hydroxylation is 2. The molecule has 0 saturated heterocycles. The first-order chi connectivity index (χ1) is 14.8. The first-order valence-corrected chi connectivity index (χ1v) is 9.62. The molecule has 0 aliphatic heterocycles. The van der Waals surface area contributed by atoms with Crippen LogP contribution < -0.4 is 4.74 Å². The summed E-state index contributed by atoms with van der Waals surface area (Å²) < 4.78 is 48.6. The van der Waals surface area contributed by atoms with Crippen LogP contribution in [0.25, 0.3) is 16.8 Å². The van der Waals surface area contributed by atoms with Gasteiger partial charge in [-0.25, -0.2) is 0 Å². The molecule has 4 aromatic rings. The van der Waals surface area contributed by atoms with Gasteiger partial charge in [-0.2, -0.15) is 0 Å². The second kappa shape index (κ2) is 8.39. The van der Waals surface area contributed by atoms with Crippen LogP contribution in [0.4, 0.5) is 13.2 Å². The zero-order chi connectivity index (χ0) is 22.0. The normalized spacial score (nSPS) is 11.8. The summed E-state index contributed by atoms with van der Waals surface area (Å²) >= 11 is 0. The molecule has 2 aromatic heterocycles. The number of aromatic nitrogens is 3. The minimum Gasteiger partial charge on any atom is -0.406 e. The van der Waals surface area contributed by atoms with Gasteiger partial charge in [-0.15, -0.1) is 23.4 Å². The Labute approximate surface area is 177 Å². The number of nitrogens with zero attached hydrogens (tertiary/aromatic N) is 3. The largest absolute Gasteiger partial charge is 0.573 e. The zero-order valence-electron chi connectivity index (χ0n) is 17.0. The summed E-state index contributed by atoms with van der Waals surface area (Å²) in [4.78, 5) is 0. The molecule has 0 spiro atoms. The quantitative estimate of drug-likeness (QED) is 0.400. The number of fused-ring (bicyclic) bond motifs is 1. The van der Waals surface area contributed by atoms with Gasteiger partial charge in [0.05, 0.1) is 6.61 Å². The highest BCUT2D eigenvalue weighted by Crippen LogP contribution is 2.27. The summed E-state index contributed by atoms with van der Waals surface area (Å²) in [7, 11) is 0. The van der Waals surface area contributed by atoms with Gasteiger partial charge in [0.1, 0.15) is 12.4 Å². The van der Waals surface area contributed by atoms with Crippen LogP contribution in [0.1, 0.15) is 22.5 Å². The van der Waals surface area contributed by atoms with Gasteiger partial charge >= 0.3 is 6.36 Å². The van der Waals surface area contributed by atoms with E-state index in [4.69, 9.17) is 4.74 Å². The molecule has 0 aliphatic rings. The van der Waals surface area contributed by atoms with Crippen molar-refractivity contribution in [2.24, 2.45) is 0 Å². The Morgan fingerprint density at radius 3 is 2.32 bits per heavy atom. The van der Waals surface area contributed by atoms with Crippen LogP contribution in [0.2, 0.25) is 0 Å². The second-order valence-electron chi connectivity index (χ2n) is 7.26. The molecule has 0 saturated carbocycles. The molecule has 0 fully saturated rings. The summed E-state index contributed by atoms with van der Waals surface area (Å²) in [6, 6.07) is 15.6. The smallest absolute Gasteiger partial charge is 0.406 e. The lowest BCUT2D eigenvalue weighted by Crippen LogP contribution is -2.16. The number of halogens is 3. The van der Waals surface area contributed by atoms with Crippen LogP contribution in [0, 0.1) is 13.8 Å². The van der Waals surface area contributed by atoms with Crippen molar-refractivity contribution in [3.8, 4) is 16.9 Å². The lowest BCUT2D eigenvalue weighted by molar-refractivity contribution is -0.274. The molecule has 0 N–H and O–H groups in total. The molecule has 8 heteroatoms. The fourth-order valence-corrected chi connectivity index (χ4v) is 3.32. The first kappa shape index (κ1) is 20.9. The van der Waals surface area contributed by atoms with Gasteiger partial charge < -0.3 is 9.47 Å². The third-order valence-electron chi connectivity index (χ3n) is 4.88. The van der Waals surface area contributed by atoms with Crippen molar-refractivity contribution >= 4 is 5.65 Å². The Morgan fingerprint density at radius 2 is 1.61 bits per heavy atom. The average molecular weight is 427 g/mol. The third-order valence-corrected chi connectivity index (χ3v) is 4.88. The van der Waals surface area contributed by atoms with E-state index in [-0.39, 0.29) is 12.4 Å². The van der Waals surface area contributed by atoms with E-state index < -0.39 is 6.36 Å². The number of hydrogen-bond acceptors (Lipinski definition) is 4. The van der Waals surface area contributed by atoms with Crippen LogP contribution in [-0.4, -0.2) is 21.0 Å². The molecule has 4 rings (SSSR count). The molecular weight excluding hydrogens is 407 g/mol. The molecule has 0 aliphatic carbocycles. The van der Waals surface area contributed by atoms with E-state index in [2.05, 4.69) is 47.0 Å². The molecular formula is C23H20F3N3O2. The number of rotatable bonds is 6. The maximum absolute atomic E-state index is 12.3. The lowest BCUT2D eigenvalue weighted by atomic mass is 10.1. The predicted molar refractivity (Wildman–Crippen MR) is 110 cm³/mol. The van der Waals surface area contributed by atoms with Gasteiger partial charge in [0, 0.05) is 6.20 Å². The van der Waals surface area contributed by atoms with Crippen LogP contribution >= 0.6 is 0 Å². The van der Waals surface area contributed by atoms with E-state index in [1.807, 2.05) is 16.7 Å². The summed E-state index contributed by atoms with van der Waals surface area (Å²) in [5.74, 6) is 0.376. The van der Waals surface area contributed by atoms with E-state index in [9.17, 15) is 13.2 Å². The van der Waals surface area contributed by atoms with Crippen molar-refractivity contribution in [2.75, 3.05) is 0 Å². The molecule has 2 aromatic carbocycles. The van der Waals surface area contributed by atoms with Gasteiger partial charge in [-0.3, -0.25) is 4.40 Å². The van der Waals surface area contributed by atoms with Crippen LogP contribution in [0.5, 0.6) is 5.75 Å². The molecule has 160 valence electrons. The SMILES string of the molecule is Cc1ccc(COCc2nnc3ccc(-c4ccc(OC(F)(F)F)cc4)cn23)c(C)c1. The molecule has 5 nitrogen and oxygen atoms in total. The monoisotopic (exact) mass is 427 g/mol. The highest BCUT2D eigenvalue weighted by Gasteiger charge is 2.30. The van der Waals surface area contributed by atoms with Gasteiger partial charge in [-0.05, 0) is 60.4 Å². The number of hydrogen-bond donors (Lipinski definition) is 0. The summed E-state index contributed by atoms with van der Waals surface area (Å²) in [5.41, 5.74) is 5.70. The average Bonchev–Trinajstić information content (AvgIpc) is 3.11. The topological polar surface area (TPSA) is 48.7 Å². The minimum atomic E-state index is -4.71. The van der Waals surface area contributed by atoms with Gasteiger partial charge in [0.2, 0.25) is 0 Å². The van der Waals surface area contributed by atoms with E-state index in [1.54, 1.807) is 18.2 Å². The van der Waals surface area contributed by atoms with Gasteiger partial charge in [-0.1, -0.05) is 35.9 Å². The van der Waals surface area contributed by atoms with Crippen molar-refractivity contribution in [1.29, 1.82) is 0 Å². The van der Waals surface area contributed by atoms with E-state index >= 15 is 0 Å². The van der Waals surface area contributed by atoms with Crippen LogP contribution in [0.3, 0.4) is 0 Å². The Morgan fingerprint density at radius 1 is 0.871 bits per heavy atom.